The van der Waals surface area contributed by atoms with Crippen LogP contribution in [0.5, 0.6) is 0 Å². The Hall–Kier alpha value is -1.03. The number of phosphoric ester groups is 1. The molecule has 0 aromatic rings. The zero-order chi connectivity index (χ0) is 25.7. The maximum absolute atomic E-state index is 12.0. The monoisotopic (exact) mass is 512 g/mol. The number of unbranched alkanes of at least 4 members (excludes halogenated alkanes) is 9. The first-order chi connectivity index (χ1) is 16.3. The summed E-state index contributed by atoms with van der Waals surface area (Å²) in [5.41, 5.74) is 0. The molecule has 3 atom stereocenters. The molecule has 0 aromatic carbocycles. The number of esters is 2. The minimum Gasteiger partial charge on any atom is -0.457 e. The van der Waals surface area contributed by atoms with Crippen molar-refractivity contribution in [2.45, 2.75) is 110 Å². The van der Waals surface area contributed by atoms with Gasteiger partial charge in [0.15, 0.2) is 0 Å². The Kier molecular flexibility index (Phi) is 20.6. The van der Waals surface area contributed by atoms with Gasteiger partial charge in [0.1, 0.15) is 12.2 Å². The molecule has 0 rings (SSSR count). The highest BCUT2D eigenvalue weighted by atomic mass is 31.2. The van der Waals surface area contributed by atoms with Gasteiger partial charge < -0.3 is 24.6 Å². The highest BCUT2D eigenvalue weighted by Gasteiger charge is 2.27. The van der Waals surface area contributed by atoms with Gasteiger partial charge in [-0.1, -0.05) is 71.6 Å². The van der Waals surface area contributed by atoms with Crippen molar-refractivity contribution < 1.29 is 47.8 Å². The standard InChI is InChI=1S/C23H45O10P/c1-3-5-7-8-9-10-11-13-15-23(27)33-21(17-25)19-31-34(28,29)30-18-20(16-24)32-22(26)14-12-6-4-2/h20-21,24-25H,3-19H2,1-2H3,(H,28,29). The molecule has 3 N–H and O–H groups in total. The van der Waals surface area contributed by atoms with Gasteiger partial charge in [0.2, 0.25) is 0 Å². The second-order valence-corrected chi connectivity index (χ2v) is 9.78. The number of ether oxygens (including phenoxy) is 2. The van der Waals surface area contributed by atoms with Crippen molar-refractivity contribution in [2.24, 2.45) is 0 Å². The molecule has 0 aliphatic heterocycles. The van der Waals surface area contributed by atoms with Crippen LogP contribution in [0.3, 0.4) is 0 Å². The van der Waals surface area contributed by atoms with E-state index in [1.807, 2.05) is 6.92 Å². The number of hydrogen-bond donors (Lipinski definition) is 3. The first kappa shape index (κ1) is 33.0. The fraction of sp³-hybridized carbons (Fsp3) is 0.913. The molecular formula is C23H45O10P. The minimum atomic E-state index is -4.59. The summed E-state index contributed by atoms with van der Waals surface area (Å²) in [5, 5.41) is 18.7. The molecule has 0 amide bonds. The van der Waals surface area contributed by atoms with E-state index in [0.717, 1.165) is 32.1 Å². The fourth-order valence-corrected chi connectivity index (χ4v) is 3.84. The van der Waals surface area contributed by atoms with Crippen LogP contribution >= 0.6 is 7.82 Å². The van der Waals surface area contributed by atoms with Crippen LogP contribution in [0.15, 0.2) is 0 Å². The van der Waals surface area contributed by atoms with Crippen molar-refractivity contribution in [2.75, 3.05) is 26.4 Å². The Balaban J connectivity index is 4.16. The van der Waals surface area contributed by atoms with Crippen LogP contribution < -0.4 is 0 Å². The van der Waals surface area contributed by atoms with E-state index in [1.165, 1.54) is 25.7 Å². The lowest BCUT2D eigenvalue weighted by Crippen LogP contribution is -2.28. The Labute approximate surface area is 203 Å². The lowest BCUT2D eigenvalue weighted by atomic mass is 10.1. The van der Waals surface area contributed by atoms with Crippen LogP contribution in [-0.4, -0.2) is 65.7 Å². The van der Waals surface area contributed by atoms with Crippen LogP contribution in [0.4, 0.5) is 0 Å². The topological polar surface area (TPSA) is 149 Å². The van der Waals surface area contributed by atoms with E-state index >= 15 is 0 Å². The second-order valence-electron chi connectivity index (χ2n) is 8.33. The normalized spacial score (nSPS) is 14.9. The van der Waals surface area contributed by atoms with Gasteiger partial charge >= 0.3 is 19.8 Å². The lowest BCUT2D eigenvalue weighted by molar-refractivity contribution is -0.153. The minimum absolute atomic E-state index is 0.181. The third kappa shape index (κ3) is 19.3. The van der Waals surface area contributed by atoms with E-state index in [0.29, 0.717) is 12.8 Å². The van der Waals surface area contributed by atoms with Gasteiger partial charge in [-0.3, -0.25) is 18.6 Å². The SMILES string of the molecule is CCCCCCCCCCC(=O)OC(CO)COP(=O)(O)OCC(CO)OC(=O)CCCCC. The van der Waals surface area contributed by atoms with Crippen LogP contribution in [-0.2, 0) is 32.7 Å². The first-order valence-corrected chi connectivity index (χ1v) is 14.0. The molecule has 0 aromatic heterocycles. The van der Waals surface area contributed by atoms with Gasteiger partial charge in [-0.25, -0.2) is 4.57 Å². The second kappa shape index (κ2) is 21.3. The molecule has 11 heteroatoms. The molecule has 202 valence electrons. The van der Waals surface area contributed by atoms with Crippen molar-refractivity contribution in [3.8, 4) is 0 Å². The number of hydrogen-bond acceptors (Lipinski definition) is 9. The van der Waals surface area contributed by atoms with E-state index in [-0.39, 0.29) is 12.8 Å². The molecule has 0 saturated heterocycles. The van der Waals surface area contributed by atoms with Crippen molar-refractivity contribution >= 4 is 19.8 Å². The maximum Gasteiger partial charge on any atom is 0.472 e. The highest BCUT2D eigenvalue weighted by Crippen LogP contribution is 2.43. The van der Waals surface area contributed by atoms with Crippen molar-refractivity contribution in [3.05, 3.63) is 0 Å². The summed E-state index contributed by atoms with van der Waals surface area (Å²) in [6.45, 7) is 1.89. The van der Waals surface area contributed by atoms with Gasteiger partial charge in [-0.15, -0.1) is 0 Å². The zero-order valence-corrected chi connectivity index (χ0v) is 21.7. The summed E-state index contributed by atoms with van der Waals surface area (Å²) in [6.07, 6.45) is 9.27. The maximum atomic E-state index is 12.0. The number of aliphatic hydroxyl groups is 2. The average Bonchev–Trinajstić information content (AvgIpc) is 2.81. The molecule has 10 nitrogen and oxygen atoms in total. The van der Waals surface area contributed by atoms with E-state index in [2.05, 4.69) is 6.92 Å². The van der Waals surface area contributed by atoms with Crippen molar-refractivity contribution in [1.29, 1.82) is 0 Å². The van der Waals surface area contributed by atoms with Gasteiger partial charge in [-0.2, -0.15) is 0 Å². The number of rotatable bonds is 23. The molecular weight excluding hydrogens is 467 g/mol. The number of carbonyl (C=O) groups is 2. The predicted molar refractivity (Wildman–Crippen MR) is 127 cm³/mol. The van der Waals surface area contributed by atoms with Crippen LogP contribution in [0.25, 0.3) is 0 Å². The smallest absolute Gasteiger partial charge is 0.457 e. The van der Waals surface area contributed by atoms with Gasteiger partial charge in [0, 0.05) is 12.8 Å². The van der Waals surface area contributed by atoms with Gasteiger partial charge in [0.25, 0.3) is 0 Å². The quantitative estimate of drug-likeness (QED) is 0.104. The summed E-state index contributed by atoms with van der Waals surface area (Å²) in [7, 11) is -4.59. The molecule has 0 fully saturated rings. The molecule has 0 spiro atoms. The van der Waals surface area contributed by atoms with Gasteiger partial charge in [0.05, 0.1) is 26.4 Å². The average molecular weight is 513 g/mol. The highest BCUT2D eigenvalue weighted by molar-refractivity contribution is 7.47. The fourth-order valence-electron chi connectivity index (χ4n) is 3.05. The molecule has 34 heavy (non-hydrogen) atoms. The summed E-state index contributed by atoms with van der Waals surface area (Å²) >= 11 is 0. The largest absolute Gasteiger partial charge is 0.472 e. The number of phosphoric acid groups is 1. The Bertz CT molecular complexity index is 572. The third-order valence-electron chi connectivity index (χ3n) is 5.07. The van der Waals surface area contributed by atoms with E-state index in [4.69, 9.17) is 18.5 Å². The van der Waals surface area contributed by atoms with E-state index < -0.39 is 58.4 Å². The van der Waals surface area contributed by atoms with Crippen LogP contribution in [0, 0.1) is 0 Å². The van der Waals surface area contributed by atoms with E-state index in [9.17, 15) is 29.3 Å². The lowest BCUT2D eigenvalue weighted by Gasteiger charge is -2.20. The zero-order valence-electron chi connectivity index (χ0n) is 20.8. The molecule has 0 aliphatic rings. The summed E-state index contributed by atoms with van der Waals surface area (Å²) in [5.74, 6) is -1.05. The Morgan fingerprint density at radius 2 is 1.03 bits per heavy atom. The van der Waals surface area contributed by atoms with Crippen LogP contribution in [0.2, 0.25) is 0 Å². The predicted octanol–water partition coefficient (Wildman–Crippen LogP) is 4.04. The molecule has 0 radical (unpaired) electrons. The summed E-state index contributed by atoms with van der Waals surface area (Å²) in [4.78, 5) is 33.4. The van der Waals surface area contributed by atoms with Gasteiger partial charge in [-0.05, 0) is 12.8 Å². The first-order valence-electron chi connectivity index (χ1n) is 12.5. The summed E-state index contributed by atoms with van der Waals surface area (Å²) < 4.78 is 31.7. The molecule has 0 bridgehead atoms. The number of carbonyl (C=O) groups excluding carboxylic acids is 2. The van der Waals surface area contributed by atoms with Crippen molar-refractivity contribution in [1.82, 2.24) is 0 Å². The molecule has 0 saturated carbocycles. The summed E-state index contributed by atoms with van der Waals surface area (Å²) in [6, 6.07) is 0. The Morgan fingerprint density at radius 3 is 1.44 bits per heavy atom. The molecule has 0 aliphatic carbocycles. The third-order valence-corrected chi connectivity index (χ3v) is 6.02. The number of aliphatic hydroxyl groups excluding tert-OH is 2. The van der Waals surface area contributed by atoms with E-state index in [1.54, 1.807) is 0 Å². The Morgan fingerprint density at radius 1 is 0.676 bits per heavy atom. The molecule has 3 unspecified atom stereocenters. The van der Waals surface area contributed by atoms with Crippen LogP contribution in [0.1, 0.15) is 97.3 Å². The molecule has 0 heterocycles. The van der Waals surface area contributed by atoms with Crippen molar-refractivity contribution in [3.63, 3.8) is 0 Å².